The quantitative estimate of drug-likeness (QED) is 0.800. The minimum absolute atomic E-state index is 0.0272. The number of hydrogen-bond acceptors (Lipinski definition) is 4. The summed E-state index contributed by atoms with van der Waals surface area (Å²) in [6.45, 7) is 5.67. The molecule has 0 aromatic heterocycles. The average Bonchev–Trinajstić information content (AvgIpc) is 2.73. The molecule has 1 heterocycles. The van der Waals surface area contributed by atoms with E-state index in [9.17, 15) is 19.5 Å². The van der Waals surface area contributed by atoms with Crippen LogP contribution in [0.3, 0.4) is 0 Å². The van der Waals surface area contributed by atoms with Gasteiger partial charge < -0.3 is 15.3 Å². The highest BCUT2D eigenvalue weighted by molar-refractivity contribution is 5.95. The van der Waals surface area contributed by atoms with Gasteiger partial charge in [-0.1, -0.05) is 38.1 Å². The highest BCUT2D eigenvalue weighted by atomic mass is 16.3. The lowest BCUT2D eigenvalue weighted by Crippen LogP contribution is -2.46. The van der Waals surface area contributed by atoms with Crippen LogP contribution in [0.1, 0.15) is 44.2 Å². The van der Waals surface area contributed by atoms with E-state index in [4.69, 9.17) is 0 Å². The average molecular weight is 360 g/mol. The number of hydrogen-bond donors (Lipinski definition) is 2. The molecule has 0 spiro atoms. The summed E-state index contributed by atoms with van der Waals surface area (Å²) in [7, 11) is 1.75. The van der Waals surface area contributed by atoms with Gasteiger partial charge in [0.25, 0.3) is 0 Å². The van der Waals surface area contributed by atoms with E-state index in [2.05, 4.69) is 5.32 Å². The Morgan fingerprint density at radius 1 is 1.27 bits per heavy atom. The molecule has 142 valence electrons. The number of aliphatic hydroxyl groups excluding tert-OH is 1. The first-order valence-electron chi connectivity index (χ1n) is 9.06. The summed E-state index contributed by atoms with van der Waals surface area (Å²) in [5.74, 6) is -1.64. The minimum atomic E-state index is -1.16. The maximum Gasteiger partial charge on any atom is 0.249 e. The molecule has 0 radical (unpaired) electrons. The maximum absolute atomic E-state index is 12.7. The second-order valence-electron chi connectivity index (χ2n) is 7.35. The molecule has 6 nitrogen and oxygen atoms in total. The summed E-state index contributed by atoms with van der Waals surface area (Å²) in [4.78, 5) is 39.0. The van der Waals surface area contributed by atoms with Gasteiger partial charge in [0, 0.05) is 20.0 Å². The molecule has 2 amide bonds. The van der Waals surface area contributed by atoms with E-state index in [1.807, 2.05) is 24.3 Å². The highest BCUT2D eigenvalue weighted by Gasteiger charge is 2.32. The molecule has 0 bridgehead atoms. The first-order chi connectivity index (χ1) is 12.2. The van der Waals surface area contributed by atoms with Gasteiger partial charge in [-0.15, -0.1) is 0 Å². The zero-order valence-corrected chi connectivity index (χ0v) is 15.9. The number of likely N-dealkylation sites (N-methyl/N-ethyl adjacent to an activating group) is 1. The summed E-state index contributed by atoms with van der Waals surface area (Å²) in [6.07, 6.45) is -0.369. The van der Waals surface area contributed by atoms with E-state index < -0.39 is 24.0 Å². The number of carbonyl (C=O) groups excluding carboxylic acids is 3. The lowest BCUT2D eigenvalue weighted by Gasteiger charge is -2.23. The van der Waals surface area contributed by atoms with Crippen molar-refractivity contribution in [2.24, 2.45) is 5.92 Å². The fourth-order valence-electron chi connectivity index (χ4n) is 3.16. The van der Waals surface area contributed by atoms with E-state index in [-0.39, 0.29) is 24.0 Å². The van der Waals surface area contributed by atoms with Crippen LogP contribution < -0.4 is 5.32 Å². The van der Waals surface area contributed by atoms with Gasteiger partial charge in [-0.05, 0) is 30.4 Å². The van der Waals surface area contributed by atoms with Crippen molar-refractivity contribution in [3.05, 3.63) is 35.4 Å². The van der Waals surface area contributed by atoms with Crippen LogP contribution in [-0.4, -0.2) is 53.3 Å². The van der Waals surface area contributed by atoms with Gasteiger partial charge in [0.05, 0.1) is 12.0 Å². The SMILES string of the molecule is CC(C)[C@H](O)C(=O)N[C@@H](C)C(=O)C[C@@H]1C(=O)N(C)CCc2ccccc21. The summed E-state index contributed by atoms with van der Waals surface area (Å²) in [5.41, 5.74) is 1.96. The standard InChI is InChI=1S/C20H28N2O4/c1-12(2)18(24)19(25)21-13(3)17(23)11-16-15-8-6-5-7-14(15)9-10-22(4)20(16)26/h5-8,12-13,16,18,24H,9-11H2,1-4H3,(H,21,25)/t13-,16-,18-/m0/s1. The molecule has 0 unspecified atom stereocenters. The Labute approximate surface area is 154 Å². The monoisotopic (exact) mass is 360 g/mol. The van der Waals surface area contributed by atoms with E-state index in [1.165, 1.54) is 0 Å². The summed E-state index contributed by atoms with van der Waals surface area (Å²) < 4.78 is 0. The van der Waals surface area contributed by atoms with Crippen LogP contribution >= 0.6 is 0 Å². The van der Waals surface area contributed by atoms with Crippen molar-refractivity contribution in [2.75, 3.05) is 13.6 Å². The molecular weight excluding hydrogens is 332 g/mol. The molecule has 3 atom stereocenters. The molecule has 1 aliphatic rings. The first-order valence-corrected chi connectivity index (χ1v) is 9.06. The van der Waals surface area contributed by atoms with Crippen molar-refractivity contribution in [3.8, 4) is 0 Å². The molecule has 0 aliphatic carbocycles. The van der Waals surface area contributed by atoms with Crippen LogP contribution in [0, 0.1) is 5.92 Å². The second kappa shape index (κ2) is 8.45. The lowest BCUT2D eigenvalue weighted by molar-refractivity contribution is -0.136. The van der Waals surface area contributed by atoms with Gasteiger partial charge in [-0.3, -0.25) is 14.4 Å². The number of amides is 2. The van der Waals surface area contributed by atoms with Gasteiger partial charge in [0.1, 0.15) is 6.10 Å². The highest BCUT2D eigenvalue weighted by Crippen LogP contribution is 2.29. The zero-order chi connectivity index (χ0) is 19.4. The molecule has 2 rings (SSSR count). The third-order valence-corrected chi connectivity index (χ3v) is 4.97. The molecule has 0 fully saturated rings. The van der Waals surface area contributed by atoms with Gasteiger partial charge in [-0.2, -0.15) is 0 Å². The Morgan fingerprint density at radius 2 is 1.92 bits per heavy atom. The molecule has 1 aliphatic heterocycles. The second-order valence-corrected chi connectivity index (χ2v) is 7.35. The number of benzene rings is 1. The minimum Gasteiger partial charge on any atom is -0.383 e. The van der Waals surface area contributed by atoms with E-state index in [0.29, 0.717) is 6.54 Å². The maximum atomic E-state index is 12.7. The van der Waals surface area contributed by atoms with Crippen LogP contribution in [0.15, 0.2) is 24.3 Å². The number of nitrogens with one attached hydrogen (secondary N) is 1. The molecular formula is C20H28N2O4. The number of fused-ring (bicyclic) bond motifs is 1. The zero-order valence-electron chi connectivity index (χ0n) is 15.9. The van der Waals surface area contributed by atoms with E-state index in [1.54, 1.807) is 32.7 Å². The normalized spacial score (nSPS) is 19.5. The van der Waals surface area contributed by atoms with E-state index >= 15 is 0 Å². The number of rotatable bonds is 6. The predicted molar refractivity (Wildman–Crippen MR) is 98.6 cm³/mol. The van der Waals surface area contributed by atoms with Crippen molar-refractivity contribution in [1.29, 1.82) is 0 Å². The van der Waals surface area contributed by atoms with Crippen LogP contribution in [0.25, 0.3) is 0 Å². The fraction of sp³-hybridized carbons (Fsp3) is 0.550. The first kappa shape index (κ1) is 20.1. The smallest absolute Gasteiger partial charge is 0.249 e. The van der Waals surface area contributed by atoms with Crippen LogP contribution in [-0.2, 0) is 20.8 Å². The summed E-state index contributed by atoms with van der Waals surface area (Å²) >= 11 is 0. The van der Waals surface area contributed by atoms with Gasteiger partial charge in [0.2, 0.25) is 11.8 Å². The Morgan fingerprint density at radius 3 is 2.58 bits per heavy atom. The van der Waals surface area contributed by atoms with Crippen LogP contribution in [0.4, 0.5) is 0 Å². The number of Topliss-reactive ketones (excluding diaryl/α,β-unsaturated/α-hetero) is 1. The Balaban J connectivity index is 2.13. The Kier molecular flexibility index (Phi) is 6.53. The van der Waals surface area contributed by atoms with Gasteiger partial charge in [-0.25, -0.2) is 0 Å². The van der Waals surface area contributed by atoms with Crippen molar-refractivity contribution >= 4 is 17.6 Å². The largest absolute Gasteiger partial charge is 0.383 e. The molecule has 2 N–H and O–H groups in total. The fourth-order valence-corrected chi connectivity index (χ4v) is 3.16. The molecule has 26 heavy (non-hydrogen) atoms. The number of nitrogens with zero attached hydrogens (tertiary/aromatic N) is 1. The van der Waals surface area contributed by atoms with Gasteiger partial charge >= 0.3 is 0 Å². The summed E-state index contributed by atoms with van der Waals surface area (Å²) in [5, 5.41) is 12.4. The molecule has 1 aromatic rings. The number of carbonyl (C=O) groups is 3. The molecule has 6 heteroatoms. The third kappa shape index (κ3) is 4.49. The molecule has 0 saturated carbocycles. The molecule has 0 saturated heterocycles. The van der Waals surface area contributed by atoms with E-state index in [0.717, 1.165) is 17.5 Å². The number of aliphatic hydroxyl groups is 1. The molecule has 1 aromatic carbocycles. The summed E-state index contributed by atoms with van der Waals surface area (Å²) in [6, 6.07) is 6.94. The Hall–Kier alpha value is -2.21. The van der Waals surface area contributed by atoms with Crippen molar-refractivity contribution in [3.63, 3.8) is 0 Å². The topological polar surface area (TPSA) is 86.7 Å². The predicted octanol–water partition coefficient (Wildman–Crippen LogP) is 1.27. The number of ketones is 1. The van der Waals surface area contributed by atoms with Crippen molar-refractivity contribution in [1.82, 2.24) is 10.2 Å². The third-order valence-electron chi connectivity index (χ3n) is 4.97. The lowest BCUT2D eigenvalue weighted by atomic mass is 9.88. The van der Waals surface area contributed by atoms with Crippen molar-refractivity contribution < 1.29 is 19.5 Å². The Bertz CT molecular complexity index is 686. The van der Waals surface area contributed by atoms with Crippen LogP contribution in [0.5, 0.6) is 0 Å². The van der Waals surface area contributed by atoms with Crippen LogP contribution in [0.2, 0.25) is 0 Å². The van der Waals surface area contributed by atoms with Crippen molar-refractivity contribution in [2.45, 2.75) is 51.7 Å². The van der Waals surface area contributed by atoms with Gasteiger partial charge in [0.15, 0.2) is 5.78 Å².